The van der Waals surface area contributed by atoms with Crippen LogP contribution in [-0.4, -0.2) is 11.9 Å². The molecule has 1 fully saturated rings. The number of urea groups is 1. The van der Waals surface area contributed by atoms with E-state index in [1.807, 2.05) is 13.0 Å². The number of hydrogen-bond acceptors (Lipinski definition) is 2. The third kappa shape index (κ3) is 1.35. The molecular weight excluding hydrogens is 168 g/mol. The molecule has 0 aromatic rings. The van der Waals surface area contributed by atoms with Crippen LogP contribution in [0, 0.1) is 5.92 Å². The molecule has 1 saturated heterocycles. The first-order valence-electron chi connectivity index (χ1n) is 4.16. The Hall–Kier alpha value is -1.58. The van der Waals surface area contributed by atoms with Gasteiger partial charge in [0.1, 0.15) is 0 Å². The van der Waals surface area contributed by atoms with Gasteiger partial charge in [-0.2, -0.15) is 0 Å². The third-order valence-electron chi connectivity index (χ3n) is 2.26. The van der Waals surface area contributed by atoms with Gasteiger partial charge in [0.05, 0.1) is 5.92 Å². The van der Waals surface area contributed by atoms with Gasteiger partial charge in [0.2, 0.25) is 5.91 Å². The Kier molecular flexibility index (Phi) is 1.69. The molecule has 4 heteroatoms. The van der Waals surface area contributed by atoms with E-state index in [1.54, 1.807) is 6.08 Å². The number of amides is 3. The van der Waals surface area contributed by atoms with Crippen LogP contribution in [0.25, 0.3) is 0 Å². The summed E-state index contributed by atoms with van der Waals surface area (Å²) in [4.78, 5) is 22.2. The van der Waals surface area contributed by atoms with Crippen LogP contribution in [0.5, 0.6) is 0 Å². The minimum absolute atomic E-state index is 0.206. The number of allylic oxidation sites excluding steroid dienone is 3. The minimum atomic E-state index is -0.430. The third-order valence-corrected chi connectivity index (χ3v) is 2.26. The van der Waals surface area contributed by atoms with Crippen molar-refractivity contribution in [3.05, 3.63) is 23.4 Å². The highest BCUT2D eigenvalue weighted by Gasteiger charge is 2.31. The molecule has 4 nitrogen and oxygen atoms in total. The van der Waals surface area contributed by atoms with E-state index in [-0.39, 0.29) is 11.8 Å². The highest BCUT2D eigenvalue weighted by Crippen LogP contribution is 2.25. The molecule has 68 valence electrons. The zero-order valence-electron chi connectivity index (χ0n) is 7.26. The molecule has 2 N–H and O–H groups in total. The van der Waals surface area contributed by atoms with E-state index in [4.69, 9.17) is 0 Å². The molecule has 0 aromatic heterocycles. The molecule has 2 aliphatic rings. The molecule has 1 heterocycles. The molecule has 0 saturated carbocycles. The van der Waals surface area contributed by atoms with Gasteiger partial charge in [-0.25, -0.2) is 4.79 Å². The molecule has 2 rings (SSSR count). The minimum Gasteiger partial charge on any atom is -0.311 e. The molecule has 0 spiro atoms. The first-order valence-corrected chi connectivity index (χ1v) is 4.16. The van der Waals surface area contributed by atoms with Gasteiger partial charge in [-0.1, -0.05) is 11.6 Å². The first kappa shape index (κ1) is 8.04. The summed E-state index contributed by atoms with van der Waals surface area (Å²) < 4.78 is 0. The number of fused-ring (bicyclic) bond motifs is 1. The quantitative estimate of drug-likeness (QED) is 0.573. The van der Waals surface area contributed by atoms with Gasteiger partial charge in [0, 0.05) is 5.70 Å². The van der Waals surface area contributed by atoms with E-state index in [0.717, 1.165) is 5.57 Å². The second-order valence-electron chi connectivity index (χ2n) is 3.34. The topological polar surface area (TPSA) is 58.2 Å². The van der Waals surface area contributed by atoms with Crippen LogP contribution < -0.4 is 10.6 Å². The Morgan fingerprint density at radius 2 is 2.08 bits per heavy atom. The van der Waals surface area contributed by atoms with E-state index in [0.29, 0.717) is 12.1 Å². The summed E-state index contributed by atoms with van der Waals surface area (Å²) in [5, 5.41) is 4.86. The Morgan fingerprint density at radius 1 is 1.31 bits per heavy atom. The lowest BCUT2D eigenvalue weighted by Crippen LogP contribution is -2.51. The smallest absolute Gasteiger partial charge is 0.311 e. The highest BCUT2D eigenvalue weighted by atomic mass is 16.2. The average Bonchev–Trinajstić information content (AvgIpc) is 2.06. The molecule has 0 radical (unpaired) electrons. The number of carbonyl (C=O) groups is 2. The fourth-order valence-corrected chi connectivity index (χ4v) is 1.57. The van der Waals surface area contributed by atoms with Crippen molar-refractivity contribution in [2.45, 2.75) is 13.3 Å². The van der Waals surface area contributed by atoms with Crippen molar-refractivity contribution in [1.29, 1.82) is 0 Å². The van der Waals surface area contributed by atoms with Gasteiger partial charge in [-0.05, 0) is 19.4 Å². The summed E-state index contributed by atoms with van der Waals surface area (Å²) in [5.74, 6) is -0.412. The van der Waals surface area contributed by atoms with Gasteiger partial charge in [0.25, 0.3) is 0 Å². The summed E-state index contributed by atoms with van der Waals surface area (Å²) in [6.07, 6.45) is 4.41. The molecule has 3 amide bonds. The van der Waals surface area contributed by atoms with E-state index in [2.05, 4.69) is 10.6 Å². The van der Waals surface area contributed by atoms with Crippen LogP contribution in [0.4, 0.5) is 4.79 Å². The SMILES string of the molecule is CC1=CC=C2NC(=O)NC(=O)C2C1. The van der Waals surface area contributed by atoms with Gasteiger partial charge in [-0.3, -0.25) is 10.1 Å². The van der Waals surface area contributed by atoms with Crippen molar-refractivity contribution in [1.82, 2.24) is 10.6 Å². The summed E-state index contributed by atoms with van der Waals surface area (Å²) >= 11 is 0. The van der Waals surface area contributed by atoms with Gasteiger partial charge >= 0.3 is 6.03 Å². The molecule has 0 bridgehead atoms. The van der Waals surface area contributed by atoms with Crippen molar-refractivity contribution in [2.75, 3.05) is 0 Å². The Balaban J connectivity index is 2.31. The summed E-state index contributed by atoms with van der Waals surface area (Å²) in [5.41, 5.74) is 1.86. The maximum Gasteiger partial charge on any atom is 0.325 e. The van der Waals surface area contributed by atoms with E-state index < -0.39 is 6.03 Å². The molecule has 1 aliphatic heterocycles. The van der Waals surface area contributed by atoms with Gasteiger partial charge < -0.3 is 5.32 Å². The lowest BCUT2D eigenvalue weighted by atomic mass is 9.90. The molecule has 13 heavy (non-hydrogen) atoms. The number of rotatable bonds is 0. The standard InChI is InChI=1S/C9H10N2O2/c1-5-2-3-7-6(4-5)8(12)11-9(13)10-7/h2-3,6H,4H2,1H3,(H2,10,11,12,13). The van der Waals surface area contributed by atoms with Crippen molar-refractivity contribution < 1.29 is 9.59 Å². The predicted octanol–water partition coefficient (Wildman–Crippen LogP) is 0.676. The van der Waals surface area contributed by atoms with Crippen molar-refractivity contribution >= 4 is 11.9 Å². The molecule has 0 aromatic carbocycles. The highest BCUT2D eigenvalue weighted by molar-refractivity contribution is 6.01. The van der Waals surface area contributed by atoms with Crippen molar-refractivity contribution in [2.24, 2.45) is 5.92 Å². The van der Waals surface area contributed by atoms with E-state index in [1.165, 1.54) is 0 Å². The fraction of sp³-hybridized carbons (Fsp3) is 0.333. The van der Waals surface area contributed by atoms with Crippen LogP contribution in [-0.2, 0) is 4.79 Å². The maximum absolute atomic E-state index is 11.3. The zero-order valence-corrected chi connectivity index (χ0v) is 7.26. The van der Waals surface area contributed by atoms with Crippen LogP contribution in [0.3, 0.4) is 0 Å². The Morgan fingerprint density at radius 3 is 2.85 bits per heavy atom. The largest absolute Gasteiger partial charge is 0.325 e. The lowest BCUT2D eigenvalue weighted by Gasteiger charge is -2.27. The molecule has 1 unspecified atom stereocenters. The van der Waals surface area contributed by atoms with Crippen molar-refractivity contribution in [3.63, 3.8) is 0 Å². The predicted molar refractivity (Wildman–Crippen MR) is 46.6 cm³/mol. The van der Waals surface area contributed by atoms with Crippen LogP contribution in [0.15, 0.2) is 23.4 Å². The van der Waals surface area contributed by atoms with E-state index >= 15 is 0 Å². The average molecular weight is 178 g/mol. The fourth-order valence-electron chi connectivity index (χ4n) is 1.57. The Bertz CT molecular complexity index is 342. The number of hydrogen-bond donors (Lipinski definition) is 2. The van der Waals surface area contributed by atoms with Gasteiger partial charge in [-0.15, -0.1) is 0 Å². The second-order valence-corrected chi connectivity index (χ2v) is 3.34. The Labute approximate surface area is 75.7 Å². The maximum atomic E-state index is 11.3. The van der Waals surface area contributed by atoms with Crippen molar-refractivity contribution in [3.8, 4) is 0 Å². The summed E-state index contributed by atoms with van der Waals surface area (Å²) in [6.45, 7) is 1.97. The van der Waals surface area contributed by atoms with Crippen LogP contribution >= 0.6 is 0 Å². The summed E-state index contributed by atoms with van der Waals surface area (Å²) in [7, 11) is 0. The van der Waals surface area contributed by atoms with Gasteiger partial charge in [0.15, 0.2) is 0 Å². The molecular formula is C9H10N2O2. The number of carbonyl (C=O) groups excluding carboxylic acids is 2. The lowest BCUT2D eigenvalue weighted by molar-refractivity contribution is -0.123. The molecule has 1 aliphatic carbocycles. The second kappa shape index (κ2) is 2.73. The number of imide groups is 1. The first-order chi connectivity index (χ1) is 6.16. The van der Waals surface area contributed by atoms with E-state index in [9.17, 15) is 9.59 Å². The zero-order chi connectivity index (χ0) is 9.42. The monoisotopic (exact) mass is 178 g/mol. The molecule has 1 atom stereocenters. The van der Waals surface area contributed by atoms with Crippen LogP contribution in [0.1, 0.15) is 13.3 Å². The number of nitrogens with one attached hydrogen (secondary N) is 2. The summed E-state index contributed by atoms with van der Waals surface area (Å²) in [6, 6.07) is -0.430. The van der Waals surface area contributed by atoms with Crippen LogP contribution in [0.2, 0.25) is 0 Å². The normalized spacial score (nSPS) is 26.7.